The van der Waals surface area contributed by atoms with Gasteiger partial charge in [-0.2, -0.15) is 0 Å². The van der Waals surface area contributed by atoms with Crippen molar-refractivity contribution in [3.8, 4) is 17.2 Å². The van der Waals surface area contributed by atoms with Crippen molar-refractivity contribution < 1.29 is 23.7 Å². The number of carbonyl (C=O) groups is 1. The highest BCUT2D eigenvalue weighted by Crippen LogP contribution is 2.43. The first-order chi connectivity index (χ1) is 14.6. The fourth-order valence-corrected chi connectivity index (χ4v) is 3.90. The van der Waals surface area contributed by atoms with Crippen molar-refractivity contribution in [2.45, 2.75) is 26.8 Å². The van der Waals surface area contributed by atoms with Gasteiger partial charge in [0.05, 0.1) is 12.2 Å². The summed E-state index contributed by atoms with van der Waals surface area (Å²) in [6.07, 6.45) is 2.69. The van der Waals surface area contributed by atoms with Crippen LogP contribution in [-0.4, -0.2) is 44.3 Å². The molecular weight excluding hydrogens is 382 g/mol. The third-order valence-electron chi connectivity index (χ3n) is 5.33. The SMILES string of the molecule is CCOc1ccccc1/C=C1\Oc2c(cc3c(c2C)OCN(CCCOC)C3)C1=O. The van der Waals surface area contributed by atoms with Crippen LogP contribution >= 0.6 is 0 Å². The molecule has 2 aromatic rings. The molecule has 0 N–H and O–H groups in total. The molecule has 4 rings (SSSR count). The zero-order chi connectivity index (χ0) is 21.1. The molecule has 6 nitrogen and oxygen atoms in total. The van der Waals surface area contributed by atoms with E-state index in [0.717, 1.165) is 54.3 Å². The Morgan fingerprint density at radius 1 is 1.23 bits per heavy atom. The fourth-order valence-electron chi connectivity index (χ4n) is 3.90. The lowest BCUT2D eigenvalue weighted by Crippen LogP contribution is -2.33. The maximum atomic E-state index is 13.1. The van der Waals surface area contributed by atoms with Gasteiger partial charge in [-0.05, 0) is 38.5 Å². The Kier molecular flexibility index (Phi) is 6.06. The first-order valence-electron chi connectivity index (χ1n) is 10.3. The zero-order valence-electron chi connectivity index (χ0n) is 17.7. The minimum absolute atomic E-state index is 0.112. The van der Waals surface area contributed by atoms with E-state index in [1.807, 2.05) is 44.2 Å². The normalized spacial score (nSPS) is 16.8. The van der Waals surface area contributed by atoms with Crippen LogP contribution in [0.5, 0.6) is 17.2 Å². The second kappa shape index (κ2) is 8.90. The van der Waals surface area contributed by atoms with Crippen molar-refractivity contribution in [1.82, 2.24) is 4.90 Å². The van der Waals surface area contributed by atoms with Gasteiger partial charge in [0.25, 0.3) is 0 Å². The number of ether oxygens (including phenoxy) is 4. The number of methoxy groups -OCH3 is 1. The van der Waals surface area contributed by atoms with Crippen LogP contribution in [0.1, 0.15) is 40.4 Å². The van der Waals surface area contributed by atoms with Crippen LogP contribution in [0.2, 0.25) is 0 Å². The average Bonchev–Trinajstić information content (AvgIpc) is 3.06. The number of rotatable bonds is 7. The van der Waals surface area contributed by atoms with Crippen LogP contribution in [-0.2, 0) is 11.3 Å². The molecule has 6 heteroatoms. The molecule has 0 amide bonds. The standard InChI is InChI=1S/C24H27NO5/c1-4-28-20-9-6-5-8-17(20)13-21-22(26)19-12-18-14-25(10-7-11-27-3)15-29-23(18)16(2)24(19)30-21/h5-6,8-9,12-13H,4,7,10-11,14-15H2,1-3H3/b21-13-. The first kappa shape index (κ1) is 20.4. The summed E-state index contributed by atoms with van der Waals surface area (Å²) in [5.74, 6) is 2.33. The predicted molar refractivity (Wildman–Crippen MR) is 114 cm³/mol. The van der Waals surface area contributed by atoms with Crippen LogP contribution in [0.4, 0.5) is 0 Å². The van der Waals surface area contributed by atoms with E-state index in [9.17, 15) is 4.79 Å². The number of carbonyl (C=O) groups excluding carboxylic acids is 1. The van der Waals surface area contributed by atoms with Crippen LogP contribution in [0.3, 0.4) is 0 Å². The van der Waals surface area contributed by atoms with E-state index in [1.165, 1.54) is 0 Å². The van der Waals surface area contributed by atoms with Crippen LogP contribution in [0.15, 0.2) is 36.1 Å². The van der Waals surface area contributed by atoms with E-state index < -0.39 is 0 Å². The van der Waals surface area contributed by atoms with Crippen molar-refractivity contribution >= 4 is 11.9 Å². The third-order valence-corrected chi connectivity index (χ3v) is 5.33. The molecule has 2 heterocycles. The number of hydrogen-bond donors (Lipinski definition) is 0. The molecule has 158 valence electrons. The van der Waals surface area contributed by atoms with Gasteiger partial charge in [0, 0.05) is 43.5 Å². The van der Waals surface area contributed by atoms with E-state index >= 15 is 0 Å². The van der Waals surface area contributed by atoms with E-state index in [4.69, 9.17) is 18.9 Å². The Labute approximate surface area is 177 Å². The van der Waals surface area contributed by atoms with Gasteiger partial charge in [-0.1, -0.05) is 18.2 Å². The topological polar surface area (TPSA) is 57.2 Å². The molecule has 2 aliphatic heterocycles. The largest absolute Gasteiger partial charge is 0.493 e. The number of para-hydroxylation sites is 1. The summed E-state index contributed by atoms with van der Waals surface area (Å²) < 4.78 is 22.8. The van der Waals surface area contributed by atoms with E-state index in [1.54, 1.807) is 13.2 Å². The van der Waals surface area contributed by atoms with Gasteiger partial charge in [-0.25, -0.2) is 0 Å². The van der Waals surface area contributed by atoms with Crippen molar-refractivity contribution in [2.75, 3.05) is 33.6 Å². The van der Waals surface area contributed by atoms with Gasteiger partial charge in [0.15, 0.2) is 5.76 Å². The highest BCUT2D eigenvalue weighted by atomic mass is 16.5. The van der Waals surface area contributed by atoms with Crippen molar-refractivity contribution in [3.05, 3.63) is 58.3 Å². The number of hydrogen-bond acceptors (Lipinski definition) is 6. The summed E-state index contributed by atoms with van der Waals surface area (Å²) >= 11 is 0. The second-order valence-corrected chi connectivity index (χ2v) is 7.45. The minimum atomic E-state index is -0.112. The summed E-state index contributed by atoms with van der Waals surface area (Å²) in [5.41, 5.74) is 3.30. The molecule has 0 radical (unpaired) electrons. The van der Waals surface area contributed by atoms with Crippen LogP contribution < -0.4 is 14.2 Å². The molecular formula is C24H27NO5. The Bertz CT molecular complexity index is 982. The summed E-state index contributed by atoms with van der Waals surface area (Å²) in [6.45, 7) is 7.30. The first-order valence-corrected chi connectivity index (χ1v) is 10.3. The van der Waals surface area contributed by atoms with Crippen molar-refractivity contribution in [1.29, 1.82) is 0 Å². The highest BCUT2D eigenvalue weighted by molar-refractivity contribution is 6.15. The number of nitrogens with zero attached hydrogens (tertiary/aromatic N) is 1. The summed E-state index contributed by atoms with van der Waals surface area (Å²) in [4.78, 5) is 15.3. The van der Waals surface area contributed by atoms with Gasteiger partial charge in [-0.3, -0.25) is 9.69 Å². The number of allylic oxidation sites excluding steroid dienone is 1. The molecule has 0 bridgehead atoms. The summed E-state index contributed by atoms with van der Waals surface area (Å²) in [5, 5.41) is 0. The number of fused-ring (bicyclic) bond motifs is 2. The lowest BCUT2D eigenvalue weighted by atomic mass is 10.00. The molecule has 0 aromatic heterocycles. The van der Waals surface area contributed by atoms with Crippen molar-refractivity contribution in [2.24, 2.45) is 0 Å². The molecule has 0 aliphatic carbocycles. The second-order valence-electron chi connectivity index (χ2n) is 7.45. The lowest BCUT2D eigenvalue weighted by molar-refractivity contribution is 0.0826. The molecule has 0 saturated heterocycles. The summed E-state index contributed by atoms with van der Waals surface area (Å²) in [6, 6.07) is 9.54. The predicted octanol–water partition coefficient (Wildman–Crippen LogP) is 4.20. The monoisotopic (exact) mass is 409 g/mol. The minimum Gasteiger partial charge on any atom is -0.493 e. The van der Waals surface area contributed by atoms with Crippen molar-refractivity contribution in [3.63, 3.8) is 0 Å². The lowest BCUT2D eigenvalue weighted by Gasteiger charge is -2.30. The number of ketones is 1. The maximum Gasteiger partial charge on any atom is 0.231 e. The van der Waals surface area contributed by atoms with Gasteiger partial charge in [-0.15, -0.1) is 0 Å². The Balaban J connectivity index is 1.61. The smallest absolute Gasteiger partial charge is 0.231 e. The van der Waals surface area contributed by atoms with E-state index in [-0.39, 0.29) is 5.78 Å². The molecule has 2 aliphatic rings. The Morgan fingerprint density at radius 3 is 2.87 bits per heavy atom. The third kappa shape index (κ3) is 3.93. The number of Topliss-reactive ketones (excluding diaryl/α,β-unsaturated/α-hetero) is 1. The van der Waals surface area contributed by atoms with Gasteiger partial charge in [0.2, 0.25) is 5.78 Å². The summed E-state index contributed by atoms with van der Waals surface area (Å²) in [7, 11) is 1.71. The van der Waals surface area contributed by atoms with Crippen LogP contribution in [0, 0.1) is 6.92 Å². The van der Waals surface area contributed by atoms with Gasteiger partial charge < -0.3 is 18.9 Å². The highest BCUT2D eigenvalue weighted by Gasteiger charge is 2.33. The molecule has 0 spiro atoms. The Hall–Kier alpha value is -2.83. The van der Waals surface area contributed by atoms with E-state index in [0.29, 0.717) is 30.4 Å². The van der Waals surface area contributed by atoms with E-state index in [2.05, 4.69) is 4.90 Å². The van der Waals surface area contributed by atoms with Gasteiger partial charge in [0.1, 0.15) is 24.0 Å². The number of benzene rings is 2. The molecule has 0 saturated carbocycles. The molecule has 0 fully saturated rings. The molecule has 0 atom stereocenters. The van der Waals surface area contributed by atoms with Crippen LogP contribution in [0.25, 0.3) is 6.08 Å². The molecule has 30 heavy (non-hydrogen) atoms. The fraction of sp³-hybridized carbons (Fsp3) is 0.375. The average molecular weight is 409 g/mol. The molecule has 0 unspecified atom stereocenters. The quantitative estimate of drug-likeness (QED) is 0.505. The molecule has 2 aromatic carbocycles. The van der Waals surface area contributed by atoms with Gasteiger partial charge >= 0.3 is 0 Å². The Morgan fingerprint density at radius 2 is 2.07 bits per heavy atom. The zero-order valence-corrected chi connectivity index (χ0v) is 17.7. The maximum absolute atomic E-state index is 13.1.